The van der Waals surface area contributed by atoms with Crippen molar-refractivity contribution in [1.29, 1.82) is 0 Å². The van der Waals surface area contributed by atoms with Gasteiger partial charge in [-0.2, -0.15) is 0 Å². The van der Waals surface area contributed by atoms with Gasteiger partial charge in [-0.05, 0) is 26.9 Å². The van der Waals surface area contributed by atoms with Crippen LogP contribution < -0.4 is 0 Å². The SMILES string of the molecule is CN(C)C1CCN(Cc2nccs2)CC1. The van der Waals surface area contributed by atoms with E-state index >= 15 is 0 Å². The van der Waals surface area contributed by atoms with Gasteiger partial charge < -0.3 is 4.90 Å². The van der Waals surface area contributed by atoms with Crippen molar-refractivity contribution < 1.29 is 0 Å². The summed E-state index contributed by atoms with van der Waals surface area (Å²) >= 11 is 1.76. The number of piperidine rings is 1. The normalized spacial score (nSPS) is 19.9. The zero-order valence-electron chi connectivity index (χ0n) is 9.52. The largest absolute Gasteiger partial charge is 0.306 e. The van der Waals surface area contributed by atoms with E-state index < -0.39 is 0 Å². The van der Waals surface area contributed by atoms with Crippen LogP contribution in [0.4, 0.5) is 0 Å². The van der Waals surface area contributed by atoms with Crippen LogP contribution in [0.3, 0.4) is 0 Å². The minimum atomic E-state index is 0.776. The van der Waals surface area contributed by atoms with Crippen molar-refractivity contribution in [2.75, 3.05) is 27.2 Å². The second-order valence-electron chi connectivity index (χ2n) is 4.40. The van der Waals surface area contributed by atoms with E-state index in [0.717, 1.165) is 12.6 Å². The molecule has 0 amide bonds. The Labute approximate surface area is 95.7 Å². The maximum Gasteiger partial charge on any atom is 0.107 e. The minimum Gasteiger partial charge on any atom is -0.306 e. The summed E-state index contributed by atoms with van der Waals surface area (Å²) in [7, 11) is 4.36. The number of hydrogen-bond donors (Lipinski definition) is 0. The second-order valence-corrected chi connectivity index (χ2v) is 5.38. The first-order chi connectivity index (χ1) is 7.25. The zero-order valence-corrected chi connectivity index (χ0v) is 10.3. The van der Waals surface area contributed by atoms with Gasteiger partial charge in [-0.3, -0.25) is 4.90 Å². The van der Waals surface area contributed by atoms with E-state index in [-0.39, 0.29) is 0 Å². The molecule has 0 radical (unpaired) electrons. The van der Waals surface area contributed by atoms with E-state index in [2.05, 4.69) is 34.3 Å². The lowest BCUT2D eigenvalue weighted by atomic mass is 10.0. The van der Waals surface area contributed by atoms with Gasteiger partial charge in [0.2, 0.25) is 0 Å². The molecule has 0 N–H and O–H groups in total. The predicted octanol–water partition coefficient (Wildman–Crippen LogP) is 1.67. The molecule has 1 aromatic rings. The van der Waals surface area contributed by atoms with E-state index in [0.29, 0.717) is 0 Å². The van der Waals surface area contributed by atoms with Gasteiger partial charge in [-0.1, -0.05) is 0 Å². The molecule has 1 saturated heterocycles. The van der Waals surface area contributed by atoms with Crippen LogP contribution in [-0.2, 0) is 6.54 Å². The van der Waals surface area contributed by atoms with E-state index in [9.17, 15) is 0 Å². The lowest BCUT2D eigenvalue weighted by Gasteiger charge is -2.34. The molecule has 2 rings (SSSR count). The van der Waals surface area contributed by atoms with Gasteiger partial charge in [0, 0.05) is 30.7 Å². The summed E-state index contributed by atoms with van der Waals surface area (Å²) in [5.74, 6) is 0. The number of nitrogens with zero attached hydrogens (tertiary/aromatic N) is 3. The Morgan fingerprint density at radius 1 is 1.47 bits per heavy atom. The summed E-state index contributed by atoms with van der Waals surface area (Å²) in [5, 5.41) is 3.31. The van der Waals surface area contributed by atoms with Crippen LogP contribution in [0, 0.1) is 0 Å². The third-order valence-corrected chi connectivity index (χ3v) is 3.89. The first kappa shape index (κ1) is 11.0. The third kappa shape index (κ3) is 3.00. The summed E-state index contributed by atoms with van der Waals surface area (Å²) in [6.45, 7) is 3.46. The number of hydrogen-bond acceptors (Lipinski definition) is 4. The number of rotatable bonds is 3. The Kier molecular flexibility index (Phi) is 3.72. The van der Waals surface area contributed by atoms with Crippen molar-refractivity contribution >= 4 is 11.3 Å². The topological polar surface area (TPSA) is 19.4 Å². The van der Waals surface area contributed by atoms with E-state index in [4.69, 9.17) is 0 Å². The van der Waals surface area contributed by atoms with Gasteiger partial charge in [0.05, 0.1) is 6.54 Å². The minimum absolute atomic E-state index is 0.776. The van der Waals surface area contributed by atoms with Gasteiger partial charge in [0.15, 0.2) is 0 Å². The molecule has 0 spiro atoms. The highest BCUT2D eigenvalue weighted by Gasteiger charge is 2.20. The summed E-state index contributed by atoms with van der Waals surface area (Å²) in [6.07, 6.45) is 4.48. The van der Waals surface area contributed by atoms with Crippen LogP contribution in [0.1, 0.15) is 17.8 Å². The van der Waals surface area contributed by atoms with Gasteiger partial charge >= 0.3 is 0 Å². The van der Waals surface area contributed by atoms with Crippen molar-refractivity contribution in [2.45, 2.75) is 25.4 Å². The molecule has 3 nitrogen and oxygen atoms in total. The molecule has 0 bridgehead atoms. The maximum atomic E-state index is 4.33. The van der Waals surface area contributed by atoms with Crippen LogP contribution in [0.25, 0.3) is 0 Å². The molecule has 1 aromatic heterocycles. The first-order valence-electron chi connectivity index (χ1n) is 5.53. The van der Waals surface area contributed by atoms with E-state index in [1.165, 1.54) is 30.9 Å². The van der Waals surface area contributed by atoms with Gasteiger partial charge in [-0.25, -0.2) is 4.98 Å². The molecular formula is C11H19N3S. The van der Waals surface area contributed by atoms with E-state index in [1.54, 1.807) is 11.3 Å². The molecular weight excluding hydrogens is 206 g/mol. The lowest BCUT2D eigenvalue weighted by molar-refractivity contribution is 0.140. The molecule has 0 aliphatic carbocycles. The van der Waals surface area contributed by atoms with Crippen molar-refractivity contribution in [1.82, 2.24) is 14.8 Å². The van der Waals surface area contributed by atoms with Crippen molar-refractivity contribution in [3.05, 3.63) is 16.6 Å². The molecule has 1 aliphatic rings. The van der Waals surface area contributed by atoms with Gasteiger partial charge in [-0.15, -0.1) is 11.3 Å². The summed E-state index contributed by atoms with van der Waals surface area (Å²) in [5.41, 5.74) is 0. The molecule has 0 saturated carbocycles. The maximum absolute atomic E-state index is 4.33. The van der Waals surface area contributed by atoms with Crippen LogP contribution in [0.15, 0.2) is 11.6 Å². The molecule has 0 unspecified atom stereocenters. The molecule has 84 valence electrons. The van der Waals surface area contributed by atoms with Crippen LogP contribution in [0.5, 0.6) is 0 Å². The highest BCUT2D eigenvalue weighted by molar-refractivity contribution is 7.09. The smallest absolute Gasteiger partial charge is 0.107 e. The second kappa shape index (κ2) is 5.05. The molecule has 15 heavy (non-hydrogen) atoms. The third-order valence-electron chi connectivity index (χ3n) is 3.13. The Bertz CT molecular complexity index is 276. The monoisotopic (exact) mass is 225 g/mol. The van der Waals surface area contributed by atoms with E-state index in [1.807, 2.05) is 6.20 Å². The molecule has 0 atom stereocenters. The Balaban J connectivity index is 1.79. The number of thiazole rings is 1. The highest BCUT2D eigenvalue weighted by atomic mass is 32.1. The Hall–Kier alpha value is -0.450. The van der Waals surface area contributed by atoms with Crippen LogP contribution >= 0.6 is 11.3 Å². The standard InChI is InChI=1S/C11H19N3S/c1-13(2)10-3-6-14(7-4-10)9-11-12-5-8-15-11/h5,8,10H,3-4,6-7,9H2,1-2H3. The lowest BCUT2D eigenvalue weighted by Crippen LogP contribution is -2.41. The molecule has 2 heterocycles. The van der Waals surface area contributed by atoms with Crippen molar-refractivity contribution in [3.8, 4) is 0 Å². The highest BCUT2D eigenvalue weighted by Crippen LogP contribution is 2.17. The molecule has 1 aliphatic heterocycles. The number of aromatic nitrogens is 1. The fourth-order valence-electron chi connectivity index (χ4n) is 2.12. The summed E-state index contributed by atoms with van der Waals surface area (Å²) in [6, 6.07) is 0.776. The average molecular weight is 225 g/mol. The summed E-state index contributed by atoms with van der Waals surface area (Å²) in [4.78, 5) is 9.19. The van der Waals surface area contributed by atoms with Crippen LogP contribution in [0.2, 0.25) is 0 Å². The summed E-state index contributed by atoms with van der Waals surface area (Å²) < 4.78 is 0. The van der Waals surface area contributed by atoms with Gasteiger partial charge in [0.25, 0.3) is 0 Å². The van der Waals surface area contributed by atoms with Crippen molar-refractivity contribution in [2.24, 2.45) is 0 Å². The quantitative estimate of drug-likeness (QED) is 0.780. The average Bonchev–Trinajstić information content (AvgIpc) is 2.71. The Morgan fingerprint density at radius 3 is 2.73 bits per heavy atom. The van der Waals surface area contributed by atoms with Gasteiger partial charge in [0.1, 0.15) is 5.01 Å². The van der Waals surface area contributed by atoms with Crippen molar-refractivity contribution in [3.63, 3.8) is 0 Å². The Morgan fingerprint density at radius 2 is 2.20 bits per heavy atom. The fraction of sp³-hybridized carbons (Fsp3) is 0.727. The number of likely N-dealkylation sites (tertiary alicyclic amines) is 1. The molecule has 4 heteroatoms. The predicted molar refractivity (Wildman–Crippen MR) is 64.1 cm³/mol. The molecule has 0 aromatic carbocycles. The molecule has 1 fully saturated rings. The fourth-order valence-corrected chi connectivity index (χ4v) is 2.77. The van der Waals surface area contributed by atoms with Crippen LogP contribution in [-0.4, -0.2) is 48.0 Å². The zero-order chi connectivity index (χ0) is 10.7. The first-order valence-corrected chi connectivity index (χ1v) is 6.41.